The van der Waals surface area contributed by atoms with E-state index in [1.807, 2.05) is 6.07 Å². The molecule has 2 aliphatic rings. The molecule has 1 saturated heterocycles. The maximum absolute atomic E-state index is 13.8. The topological polar surface area (TPSA) is 118 Å². The molecule has 6 rings (SSSR count). The Hall–Kier alpha value is -4.06. The first-order valence-electron chi connectivity index (χ1n) is 12.5. The van der Waals surface area contributed by atoms with Crippen LogP contribution in [0.2, 0.25) is 5.02 Å². The Morgan fingerprint density at radius 2 is 1.76 bits per heavy atom. The summed E-state index contributed by atoms with van der Waals surface area (Å²) in [7, 11) is 1.47. The van der Waals surface area contributed by atoms with Gasteiger partial charge in [-0.3, -0.25) is 19.2 Å². The van der Waals surface area contributed by atoms with Gasteiger partial charge < -0.3 is 19.8 Å². The number of para-hydroxylation sites is 1. The number of benzene rings is 3. The Morgan fingerprint density at radius 1 is 1.00 bits per heavy atom. The van der Waals surface area contributed by atoms with Crippen LogP contribution >= 0.6 is 34.7 Å². The van der Waals surface area contributed by atoms with Gasteiger partial charge in [-0.05, 0) is 54.1 Å². The molecule has 1 fully saturated rings. The summed E-state index contributed by atoms with van der Waals surface area (Å²) in [6.45, 7) is -0.272. The predicted molar refractivity (Wildman–Crippen MR) is 157 cm³/mol. The van der Waals surface area contributed by atoms with Crippen molar-refractivity contribution in [2.75, 3.05) is 23.9 Å². The van der Waals surface area contributed by atoms with E-state index in [0.717, 1.165) is 11.3 Å². The van der Waals surface area contributed by atoms with Gasteiger partial charge >= 0.3 is 4.87 Å². The Bertz CT molecular complexity index is 1710. The van der Waals surface area contributed by atoms with E-state index in [0.29, 0.717) is 43.4 Å². The first-order chi connectivity index (χ1) is 19.8. The molecule has 3 amide bonds. The first kappa shape index (κ1) is 27.1. The van der Waals surface area contributed by atoms with Crippen LogP contribution < -0.4 is 24.6 Å². The lowest BCUT2D eigenvalue weighted by molar-refractivity contribution is -0.122. The summed E-state index contributed by atoms with van der Waals surface area (Å²) in [5, 5.41) is 3.17. The number of hydrogen-bond donors (Lipinski definition) is 2. The van der Waals surface area contributed by atoms with Crippen LogP contribution in [-0.4, -0.2) is 41.7 Å². The van der Waals surface area contributed by atoms with Gasteiger partial charge in [0.2, 0.25) is 11.8 Å². The van der Waals surface area contributed by atoms with Gasteiger partial charge in [0.25, 0.3) is 5.91 Å². The number of aromatic nitrogens is 1. The molecule has 9 nitrogen and oxygen atoms in total. The van der Waals surface area contributed by atoms with E-state index in [1.54, 1.807) is 66.7 Å². The van der Waals surface area contributed by atoms with Crippen LogP contribution in [0.3, 0.4) is 0 Å². The van der Waals surface area contributed by atoms with Crippen LogP contribution in [0.25, 0.3) is 0 Å². The van der Waals surface area contributed by atoms with Crippen molar-refractivity contribution in [3.05, 3.63) is 97.9 Å². The van der Waals surface area contributed by atoms with Crippen molar-refractivity contribution >= 4 is 63.8 Å². The highest BCUT2D eigenvalue weighted by molar-refractivity contribution is 8.00. The summed E-state index contributed by atoms with van der Waals surface area (Å²) in [4.78, 5) is 56.6. The van der Waals surface area contributed by atoms with E-state index in [-0.39, 0.29) is 29.2 Å². The summed E-state index contributed by atoms with van der Waals surface area (Å²) in [5.74, 6) is -1.65. The number of hydrogen-bond acceptors (Lipinski definition) is 8. The van der Waals surface area contributed by atoms with Gasteiger partial charge in [0.1, 0.15) is 5.25 Å². The van der Waals surface area contributed by atoms with Gasteiger partial charge in [-0.1, -0.05) is 59.0 Å². The normalized spacial score (nSPS) is 19.5. The lowest BCUT2D eigenvalue weighted by Crippen LogP contribution is -2.32. The molecule has 1 aromatic heterocycles. The van der Waals surface area contributed by atoms with E-state index < -0.39 is 17.1 Å². The number of halogens is 1. The van der Waals surface area contributed by atoms with Crippen molar-refractivity contribution in [2.24, 2.45) is 5.92 Å². The number of fused-ring (bicyclic) bond motifs is 2. The average molecular weight is 608 g/mol. The number of carbonyl (C=O) groups excluding carboxylic acids is 3. The highest BCUT2D eigenvalue weighted by Crippen LogP contribution is 2.53. The summed E-state index contributed by atoms with van der Waals surface area (Å²) in [6.07, 6.45) is 0. The number of thioether (sulfide) groups is 1. The minimum Gasteiger partial charge on any atom is -0.493 e. The fraction of sp³-hybridized carbons (Fsp3) is 0.172. The zero-order valence-corrected chi connectivity index (χ0v) is 23.8. The largest absolute Gasteiger partial charge is 0.493 e. The van der Waals surface area contributed by atoms with E-state index in [1.165, 1.54) is 23.8 Å². The van der Waals surface area contributed by atoms with Crippen molar-refractivity contribution < 1.29 is 23.9 Å². The number of imide groups is 1. The van der Waals surface area contributed by atoms with Gasteiger partial charge in [0, 0.05) is 21.5 Å². The number of nitrogens with one attached hydrogen (secondary N) is 2. The molecule has 3 aromatic carbocycles. The van der Waals surface area contributed by atoms with Gasteiger partial charge in [-0.25, -0.2) is 4.90 Å². The number of aromatic amines is 1. The fourth-order valence-electron chi connectivity index (χ4n) is 5.08. The second-order valence-electron chi connectivity index (χ2n) is 9.35. The number of methoxy groups -OCH3 is 1. The molecule has 41 heavy (non-hydrogen) atoms. The van der Waals surface area contributed by atoms with Crippen molar-refractivity contribution in [3.8, 4) is 11.5 Å². The molecule has 2 aliphatic heterocycles. The zero-order valence-electron chi connectivity index (χ0n) is 21.5. The quantitative estimate of drug-likeness (QED) is 0.287. The van der Waals surface area contributed by atoms with Gasteiger partial charge in [0.05, 0.1) is 23.7 Å². The van der Waals surface area contributed by atoms with Crippen molar-refractivity contribution in [1.82, 2.24) is 4.98 Å². The molecule has 0 unspecified atom stereocenters. The minimum absolute atomic E-state index is 0.258. The third-order valence-electron chi connectivity index (χ3n) is 6.87. The van der Waals surface area contributed by atoms with Crippen molar-refractivity contribution in [2.45, 2.75) is 16.2 Å². The number of amides is 3. The number of thiazole rings is 1. The Labute approximate surface area is 247 Å². The van der Waals surface area contributed by atoms with E-state index in [4.69, 9.17) is 21.1 Å². The molecule has 0 spiro atoms. The molecular weight excluding hydrogens is 586 g/mol. The van der Waals surface area contributed by atoms with E-state index >= 15 is 0 Å². The number of ether oxygens (including phenoxy) is 2. The number of nitrogens with zero attached hydrogens (tertiary/aromatic N) is 1. The third kappa shape index (κ3) is 5.12. The number of H-pyrrole nitrogens is 1. The molecule has 0 bridgehead atoms. The molecule has 3 heterocycles. The lowest BCUT2D eigenvalue weighted by Gasteiger charge is -2.30. The number of rotatable bonds is 7. The third-order valence-corrected chi connectivity index (χ3v) is 9.52. The van der Waals surface area contributed by atoms with Crippen LogP contribution in [0, 0.1) is 5.92 Å². The van der Waals surface area contributed by atoms with E-state index in [9.17, 15) is 19.2 Å². The smallest absolute Gasteiger partial charge is 0.305 e. The van der Waals surface area contributed by atoms with E-state index in [2.05, 4.69) is 10.3 Å². The Morgan fingerprint density at radius 3 is 2.49 bits per heavy atom. The maximum Gasteiger partial charge on any atom is 0.305 e. The molecule has 4 aromatic rings. The summed E-state index contributed by atoms with van der Waals surface area (Å²) >= 11 is 8.14. The molecular formula is C29H22ClN3O6S2. The SMILES string of the molecule is COc1cc([C@@H]2c3sc(=O)[nH]c3S[C@H]3C(=O)N(c4ccccc4)C(=O)[C@@H]23)ccc1OCC(=O)Nc1ccc(Cl)cc1. The summed E-state index contributed by atoms with van der Waals surface area (Å²) in [6, 6.07) is 20.7. The second-order valence-corrected chi connectivity index (χ2v) is 12.0. The number of carbonyl (C=O) groups is 3. The predicted octanol–water partition coefficient (Wildman–Crippen LogP) is 4.91. The van der Waals surface area contributed by atoms with Crippen LogP contribution in [0.5, 0.6) is 11.5 Å². The number of anilines is 2. The molecule has 2 N–H and O–H groups in total. The van der Waals surface area contributed by atoms with Crippen molar-refractivity contribution in [1.29, 1.82) is 0 Å². The van der Waals surface area contributed by atoms with Crippen LogP contribution in [0.15, 0.2) is 82.6 Å². The molecule has 0 saturated carbocycles. The second kappa shape index (κ2) is 11.1. The Balaban J connectivity index is 1.29. The van der Waals surface area contributed by atoms with Gasteiger partial charge in [0.15, 0.2) is 18.1 Å². The zero-order chi connectivity index (χ0) is 28.7. The van der Waals surface area contributed by atoms with Crippen molar-refractivity contribution in [3.63, 3.8) is 0 Å². The molecule has 208 valence electrons. The molecule has 0 aliphatic carbocycles. The highest BCUT2D eigenvalue weighted by atomic mass is 35.5. The molecule has 3 atom stereocenters. The van der Waals surface area contributed by atoms with Crippen LogP contribution in [-0.2, 0) is 14.4 Å². The van der Waals surface area contributed by atoms with Crippen LogP contribution in [0.4, 0.5) is 11.4 Å². The summed E-state index contributed by atoms with van der Waals surface area (Å²) < 4.78 is 11.3. The Kier molecular flexibility index (Phi) is 7.33. The first-order valence-corrected chi connectivity index (χ1v) is 14.6. The average Bonchev–Trinajstić information content (AvgIpc) is 3.47. The fourth-order valence-corrected chi connectivity index (χ4v) is 7.72. The summed E-state index contributed by atoms with van der Waals surface area (Å²) in [5.41, 5.74) is 1.77. The van der Waals surface area contributed by atoms with Gasteiger partial charge in [-0.2, -0.15) is 0 Å². The minimum atomic E-state index is -0.728. The monoisotopic (exact) mass is 607 g/mol. The lowest BCUT2D eigenvalue weighted by atomic mass is 9.83. The standard InChI is InChI=1S/C29H22ClN3O6S2/c1-38-20-13-15(7-12-19(20)39-14-21(34)31-17-10-8-16(30)9-11-17)22-23-25(40-26-24(22)41-29(37)32-26)28(36)33(27(23)35)18-5-3-2-4-6-18/h2-13,22-23,25H,14H2,1H3,(H,31,34)(H,32,37)/t22-,23-,25+/m0/s1. The maximum atomic E-state index is 13.8. The molecule has 0 radical (unpaired) electrons. The molecule has 12 heteroatoms. The van der Waals surface area contributed by atoms with Gasteiger partial charge in [-0.15, -0.1) is 0 Å². The highest BCUT2D eigenvalue weighted by Gasteiger charge is 2.56. The van der Waals surface area contributed by atoms with Crippen LogP contribution in [0.1, 0.15) is 16.4 Å².